The zero-order valence-electron chi connectivity index (χ0n) is 14.0. The van der Waals surface area contributed by atoms with Gasteiger partial charge < -0.3 is 15.2 Å². The van der Waals surface area contributed by atoms with Crippen LogP contribution in [-0.4, -0.2) is 41.2 Å². The summed E-state index contributed by atoms with van der Waals surface area (Å²) in [7, 11) is 0. The van der Waals surface area contributed by atoms with Crippen molar-refractivity contribution in [3.63, 3.8) is 0 Å². The van der Waals surface area contributed by atoms with Crippen molar-refractivity contribution in [3.05, 3.63) is 53.2 Å². The minimum Gasteiger partial charge on any atom is -0.480 e. The van der Waals surface area contributed by atoms with Gasteiger partial charge >= 0.3 is 5.97 Å². The number of nitrogens with zero attached hydrogens (tertiary/aromatic N) is 1. The van der Waals surface area contributed by atoms with Gasteiger partial charge in [0.25, 0.3) is 5.91 Å². The molecule has 1 saturated heterocycles. The van der Waals surface area contributed by atoms with Crippen LogP contribution in [0.4, 0.5) is 0 Å². The fourth-order valence-corrected chi connectivity index (χ4v) is 3.22. The summed E-state index contributed by atoms with van der Waals surface area (Å²) in [6, 6.07) is 9.46. The van der Waals surface area contributed by atoms with E-state index < -0.39 is 17.9 Å². The summed E-state index contributed by atoms with van der Waals surface area (Å²) in [5.74, 6) is -1.86. The molecule has 2 heterocycles. The van der Waals surface area contributed by atoms with E-state index >= 15 is 0 Å². The summed E-state index contributed by atoms with van der Waals surface area (Å²) < 4.78 is 5.35. The van der Waals surface area contributed by atoms with E-state index in [1.807, 2.05) is 12.1 Å². The lowest BCUT2D eigenvalue weighted by molar-refractivity contribution is -0.142. The number of aromatic nitrogens is 1. The highest BCUT2D eigenvalue weighted by Gasteiger charge is 2.32. The Labute approximate surface area is 156 Å². The summed E-state index contributed by atoms with van der Waals surface area (Å²) in [6.07, 6.45) is 3.13. The Hall–Kier alpha value is -2.44. The maximum atomic E-state index is 12.7. The SMILES string of the molecule is O=C(NC(C(=O)O)C1CCCOC1)c1cc(-c2ccccn2)ccc1Cl. The quantitative estimate of drug-likeness (QED) is 0.839. The molecule has 6 nitrogen and oxygen atoms in total. The van der Waals surface area contributed by atoms with Gasteiger partial charge in [-0.05, 0) is 37.1 Å². The molecule has 1 aliphatic heterocycles. The highest BCUT2D eigenvalue weighted by molar-refractivity contribution is 6.34. The largest absolute Gasteiger partial charge is 0.480 e. The number of carboxylic acid groups (broad SMARTS) is 1. The standard InChI is InChI=1S/C19H19ClN2O4/c20-15-7-6-12(16-5-1-2-8-21-16)10-14(15)18(23)22-17(19(24)25)13-4-3-9-26-11-13/h1-2,5-8,10,13,17H,3-4,9,11H2,(H,22,23)(H,24,25). The first-order valence-corrected chi connectivity index (χ1v) is 8.76. The molecule has 2 unspecified atom stereocenters. The molecule has 0 aliphatic carbocycles. The van der Waals surface area contributed by atoms with Crippen LogP contribution in [0.25, 0.3) is 11.3 Å². The van der Waals surface area contributed by atoms with Gasteiger partial charge in [0.2, 0.25) is 0 Å². The van der Waals surface area contributed by atoms with E-state index in [1.54, 1.807) is 30.5 Å². The fourth-order valence-electron chi connectivity index (χ4n) is 3.02. The number of aliphatic carboxylic acids is 1. The van der Waals surface area contributed by atoms with Crippen LogP contribution in [0.5, 0.6) is 0 Å². The van der Waals surface area contributed by atoms with Crippen LogP contribution in [0.3, 0.4) is 0 Å². The summed E-state index contributed by atoms with van der Waals surface area (Å²) in [5, 5.41) is 12.4. The number of hydrogen-bond donors (Lipinski definition) is 2. The van der Waals surface area contributed by atoms with E-state index in [2.05, 4.69) is 10.3 Å². The lowest BCUT2D eigenvalue weighted by atomic mass is 9.93. The topological polar surface area (TPSA) is 88.5 Å². The van der Waals surface area contributed by atoms with Crippen molar-refractivity contribution in [1.82, 2.24) is 10.3 Å². The molecule has 1 amide bonds. The van der Waals surface area contributed by atoms with Crippen LogP contribution in [0.2, 0.25) is 5.02 Å². The maximum absolute atomic E-state index is 12.7. The average Bonchev–Trinajstić information content (AvgIpc) is 2.67. The first-order chi connectivity index (χ1) is 12.6. The molecule has 0 saturated carbocycles. The molecule has 26 heavy (non-hydrogen) atoms. The molecule has 2 atom stereocenters. The fraction of sp³-hybridized carbons (Fsp3) is 0.316. The van der Waals surface area contributed by atoms with Crippen LogP contribution in [0, 0.1) is 5.92 Å². The Morgan fingerprint density at radius 2 is 2.15 bits per heavy atom. The molecular weight excluding hydrogens is 356 g/mol. The maximum Gasteiger partial charge on any atom is 0.326 e. The molecule has 1 fully saturated rings. The summed E-state index contributed by atoms with van der Waals surface area (Å²) in [5.41, 5.74) is 1.65. The summed E-state index contributed by atoms with van der Waals surface area (Å²) in [6.45, 7) is 0.938. The van der Waals surface area contributed by atoms with Gasteiger partial charge in [-0.3, -0.25) is 9.78 Å². The lowest BCUT2D eigenvalue weighted by Gasteiger charge is -2.28. The van der Waals surface area contributed by atoms with Crippen LogP contribution in [0.1, 0.15) is 23.2 Å². The van der Waals surface area contributed by atoms with Crippen molar-refractivity contribution in [2.24, 2.45) is 5.92 Å². The van der Waals surface area contributed by atoms with E-state index in [4.69, 9.17) is 16.3 Å². The smallest absolute Gasteiger partial charge is 0.326 e. The highest BCUT2D eigenvalue weighted by Crippen LogP contribution is 2.25. The number of carbonyl (C=O) groups is 2. The lowest BCUT2D eigenvalue weighted by Crippen LogP contribution is -2.48. The first-order valence-electron chi connectivity index (χ1n) is 8.38. The first kappa shape index (κ1) is 18.4. The molecular formula is C19H19ClN2O4. The van der Waals surface area contributed by atoms with Gasteiger partial charge in [0, 0.05) is 24.3 Å². The molecule has 136 valence electrons. The van der Waals surface area contributed by atoms with Crippen molar-refractivity contribution >= 4 is 23.5 Å². The van der Waals surface area contributed by atoms with E-state index in [0.29, 0.717) is 25.3 Å². The second-order valence-electron chi connectivity index (χ2n) is 6.18. The molecule has 0 spiro atoms. The minimum atomic E-state index is -1.08. The third kappa shape index (κ3) is 4.20. The minimum absolute atomic E-state index is 0.220. The third-order valence-electron chi connectivity index (χ3n) is 4.39. The Kier molecular flexibility index (Phi) is 5.85. The highest BCUT2D eigenvalue weighted by atomic mass is 35.5. The molecule has 2 aromatic rings. The second-order valence-corrected chi connectivity index (χ2v) is 6.58. The zero-order valence-corrected chi connectivity index (χ0v) is 14.8. The molecule has 1 aromatic carbocycles. The number of nitrogens with one attached hydrogen (secondary N) is 1. The van der Waals surface area contributed by atoms with Gasteiger partial charge in [0.1, 0.15) is 6.04 Å². The van der Waals surface area contributed by atoms with E-state index in [-0.39, 0.29) is 16.5 Å². The third-order valence-corrected chi connectivity index (χ3v) is 4.72. The second kappa shape index (κ2) is 8.29. The molecule has 1 aliphatic rings. The van der Waals surface area contributed by atoms with Gasteiger partial charge in [0.15, 0.2) is 0 Å². The Bertz CT molecular complexity index is 791. The van der Waals surface area contributed by atoms with Crippen LogP contribution in [-0.2, 0) is 9.53 Å². The molecule has 0 radical (unpaired) electrons. The number of halogens is 1. The zero-order chi connectivity index (χ0) is 18.5. The predicted molar refractivity (Wildman–Crippen MR) is 97.1 cm³/mol. The van der Waals surface area contributed by atoms with Crippen molar-refractivity contribution in [3.8, 4) is 11.3 Å². The van der Waals surface area contributed by atoms with Crippen molar-refractivity contribution in [1.29, 1.82) is 0 Å². The van der Waals surface area contributed by atoms with E-state index in [9.17, 15) is 14.7 Å². The summed E-state index contributed by atoms with van der Waals surface area (Å²) in [4.78, 5) is 28.6. The Morgan fingerprint density at radius 1 is 1.31 bits per heavy atom. The van der Waals surface area contributed by atoms with Gasteiger partial charge in [-0.25, -0.2) is 4.79 Å². The number of rotatable bonds is 5. The predicted octanol–water partition coefficient (Wildman–Crippen LogP) is 3.01. The molecule has 2 N–H and O–H groups in total. The summed E-state index contributed by atoms with van der Waals surface area (Å²) >= 11 is 6.17. The Balaban J connectivity index is 1.83. The van der Waals surface area contributed by atoms with E-state index in [1.165, 1.54) is 0 Å². The molecule has 3 rings (SSSR count). The van der Waals surface area contributed by atoms with Crippen molar-refractivity contribution in [2.45, 2.75) is 18.9 Å². The normalized spacial score (nSPS) is 18.1. The van der Waals surface area contributed by atoms with Crippen molar-refractivity contribution in [2.75, 3.05) is 13.2 Å². The number of carbonyl (C=O) groups excluding carboxylic acids is 1. The van der Waals surface area contributed by atoms with Gasteiger partial charge in [0.05, 0.1) is 22.9 Å². The number of amides is 1. The van der Waals surface area contributed by atoms with Crippen molar-refractivity contribution < 1.29 is 19.4 Å². The molecule has 7 heteroatoms. The van der Waals surface area contributed by atoms with Gasteiger partial charge in [-0.15, -0.1) is 0 Å². The number of hydrogen-bond acceptors (Lipinski definition) is 4. The van der Waals surface area contributed by atoms with Gasteiger partial charge in [-0.2, -0.15) is 0 Å². The van der Waals surface area contributed by atoms with Crippen LogP contribution < -0.4 is 5.32 Å². The number of benzene rings is 1. The average molecular weight is 375 g/mol. The van der Waals surface area contributed by atoms with Crippen LogP contribution in [0.15, 0.2) is 42.6 Å². The Morgan fingerprint density at radius 3 is 2.81 bits per heavy atom. The number of ether oxygens (including phenoxy) is 1. The molecule has 1 aromatic heterocycles. The van der Waals surface area contributed by atoms with Crippen LogP contribution >= 0.6 is 11.6 Å². The monoisotopic (exact) mass is 374 g/mol. The van der Waals surface area contributed by atoms with E-state index in [0.717, 1.165) is 12.0 Å². The number of carboxylic acids is 1. The number of pyridine rings is 1. The van der Waals surface area contributed by atoms with Gasteiger partial charge in [-0.1, -0.05) is 23.7 Å². The molecule has 0 bridgehead atoms.